The summed E-state index contributed by atoms with van der Waals surface area (Å²) in [5.74, 6) is 0.585. The van der Waals surface area contributed by atoms with Crippen LogP contribution in [0.3, 0.4) is 0 Å². The Kier molecular flexibility index (Phi) is 4.61. The number of non-ortho nitro benzene ring substituents is 1. The van der Waals surface area contributed by atoms with Crippen LogP contribution in [0.2, 0.25) is 0 Å². The monoisotopic (exact) mass is 370 g/mol. The van der Waals surface area contributed by atoms with Crippen LogP contribution in [0, 0.1) is 13.7 Å². The normalized spacial score (nSPS) is 10.2. The van der Waals surface area contributed by atoms with E-state index >= 15 is 0 Å². The van der Waals surface area contributed by atoms with Crippen LogP contribution in [0.1, 0.15) is 5.56 Å². The van der Waals surface area contributed by atoms with Gasteiger partial charge in [-0.25, -0.2) is 9.97 Å². The lowest BCUT2D eigenvalue weighted by Gasteiger charge is -2.04. The van der Waals surface area contributed by atoms with Crippen LogP contribution in [0.5, 0.6) is 0 Å². The van der Waals surface area contributed by atoms with E-state index in [1.807, 2.05) is 0 Å². The topological polar surface area (TPSA) is 81.0 Å². The molecule has 0 saturated heterocycles. The summed E-state index contributed by atoms with van der Waals surface area (Å²) in [6, 6.07) is 6.54. The van der Waals surface area contributed by atoms with Gasteiger partial charge in [-0.05, 0) is 34.6 Å². The average Bonchev–Trinajstić information content (AvgIpc) is 2.41. The first-order chi connectivity index (χ1) is 9.15. The first-order valence-corrected chi connectivity index (χ1v) is 6.68. The zero-order valence-electron chi connectivity index (χ0n) is 9.91. The van der Waals surface area contributed by atoms with Crippen molar-refractivity contribution >= 4 is 34.2 Å². The van der Waals surface area contributed by atoms with Gasteiger partial charge >= 0.3 is 0 Å². The first kappa shape index (κ1) is 13.7. The lowest BCUT2D eigenvalue weighted by molar-refractivity contribution is -0.384. The smallest absolute Gasteiger partial charge is 0.269 e. The number of nitrogens with one attached hydrogen (secondary N) is 1. The first-order valence-electron chi connectivity index (χ1n) is 5.60. The van der Waals surface area contributed by atoms with E-state index in [1.54, 1.807) is 24.5 Å². The maximum atomic E-state index is 10.5. The maximum Gasteiger partial charge on any atom is 0.269 e. The fourth-order valence-electron chi connectivity index (χ4n) is 1.51. The minimum absolute atomic E-state index is 0.109. The van der Waals surface area contributed by atoms with Crippen LogP contribution >= 0.6 is 22.6 Å². The molecule has 0 aliphatic rings. The summed E-state index contributed by atoms with van der Waals surface area (Å²) in [7, 11) is 0. The van der Waals surface area contributed by atoms with E-state index in [0.29, 0.717) is 12.5 Å². The van der Waals surface area contributed by atoms with Gasteiger partial charge in [-0.2, -0.15) is 0 Å². The molecular weight excluding hydrogens is 359 g/mol. The van der Waals surface area contributed by atoms with Gasteiger partial charge in [0.1, 0.15) is 0 Å². The van der Waals surface area contributed by atoms with Gasteiger partial charge in [0, 0.05) is 34.6 Å². The van der Waals surface area contributed by atoms with E-state index in [-0.39, 0.29) is 5.69 Å². The van der Waals surface area contributed by atoms with Crippen molar-refractivity contribution in [2.75, 3.05) is 11.9 Å². The molecule has 19 heavy (non-hydrogen) atoms. The van der Waals surface area contributed by atoms with Crippen molar-refractivity contribution in [3.8, 4) is 0 Å². The summed E-state index contributed by atoms with van der Waals surface area (Å²) < 4.78 is 0.985. The number of nitro benzene ring substituents is 1. The molecule has 0 bridgehead atoms. The van der Waals surface area contributed by atoms with Gasteiger partial charge in [0.05, 0.1) is 4.92 Å². The Morgan fingerprint density at radius 3 is 2.42 bits per heavy atom. The van der Waals surface area contributed by atoms with Crippen molar-refractivity contribution in [2.45, 2.75) is 6.42 Å². The fourth-order valence-corrected chi connectivity index (χ4v) is 1.79. The molecule has 1 heterocycles. The highest BCUT2D eigenvalue weighted by atomic mass is 127. The molecule has 0 radical (unpaired) electrons. The van der Waals surface area contributed by atoms with Gasteiger partial charge in [0.25, 0.3) is 5.69 Å². The van der Waals surface area contributed by atoms with E-state index in [9.17, 15) is 10.1 Å². The predicted octanol–water partition coefficient (Wildman–Crippen LogP) is 2.64. The number of nitro groups is 1. The second-order valence-corrected chi connectivity index (χ2v) is 5.07. The largest absolute Gasteiger partial charge is 0.354 e. The van der Waals surface area contributed by atoms with E-state index in [2.05, 4.69) is 37.9 Å². The molecule has 2 aromatic rings. The number of halogens is 1. The number of benzene rings is 1. The molecule has 0 spiro atoms. The van der Waals surface area contributed by atoms with Crippen molar-refractivity contribution in [3.05, 3.63) is 55.9 Å². The molecule has 0 aliphatic carbocycles. The van der Waals surface area contributed by atoms with Crippen molar-refractivity contribution in [1.82, 2.24) is 9.97 Å². The summed E-state index contributed by atoms with van der Waals surface area (Å²) in [4.78, 5) is 18.4. The van der Waals surface area contributed by atoms with Gasteiger partial charge < -0.3 is 5.32 Å². The molecule has 0 aliphatic heterocycles. The van der Waals surface area contributed by atoms with Crippen LogP contribution in [0.15, 0.2) is 36.7 Å². The molecule has 0 unspecified atom stereocenters. The lowest BCUT2D eigenvalue weighted by atomic mass is 10.1. The summed E-state index contributed by atoms with van der Waals surface area (Å²) in [5, 5.41) is 13.6. The van der Waals surface area contributed by atoms with Crippen LogP contribution in [0.25, 0.3) is 0 Å². The third-order valence-electron chi connectivity index (χ3n) is 2.46. The number of hydrogen-bond acceptors (Lipinski definition) is 5. The summed E-state index contributed by atoms with van der Waals surface area (Å²) in [6.45, 7) is 0.679. The lowest BCUT2D eigenvalue weighted by Crippen LogP contribution is -2.07. The summed E-state index contributed by atoms with van der Waals surface area (Å²) >= 11 is 2.14. The Morgan fingerprint density at radius 1 is 1.21 bits per heavy atom. The van der Waals surface area contributed by atoms with E-state index < -0.39 is 4.92 Å². The van der Waals surface area contributed by atoms with Crippen molar-refractivity contribution in [3.63, 3.8) is 0 Å². The zero-order valence-corrected chi connectivity index (χ0v) is 12.1. The van der Waals surface area contributed by atoms with Crippen LogP contribution in [0.4, 0.5) is 11.6 Å². The van der Waals surface area contributed by atoms with Crippen LogP contribution in [-0.4, -0.2) is 21.4 Å². The van der Waals surface area contributed by atoms with Crippen molar-refractivity contribution in [2.24, 2.45) is 0 Å². The molecule has 0 fully saturated rings. The predicted molar refractivity (Wildman–Crippen MR) is 80.0 cm³/mol. The summed E-state index contributed by atoms with van der Waals surface area (Å²) in [6.07, 6.45) is 4.23. The quantitative estimate of drug-likeness (QED) is 0.497. The van der Waals surface area contributed by atoms with Crippen molar-refractivity contribution < 1.29 is 4.92 Å². The standard InChI is InChI=1S/C12H11IN4O2/c13-10-7-15-12(16-8-10)14-6-5-9-1-3-11(4-2-9)17(18)19/h1-4,7-8H,5-6H2,(H,14,15,16). The fraction of sp³-hybridized carbons (Fsp3) is 0.167. The van der Waals surface area contributed by atoms with Gasteiger partial charge in [-0.3, -0.25) is 10.1 Å². The van der Waals surface area contributed by atoms with Crippen LogP contribution < -0.4 is 5.32 Å². The minimum atomic E-state index is -0.401. The third kappa shape index (κ3) is 4.12. The number of anilines is 1. The third-order valence-corrected chi connectivity index (χ3v) is 3.02. The van der Waals surface area contributed by atoms with Crippen LogP contribution in [-0.2, 0) is 6.42 Å². The van der Waals surface area contributed by atoms with Gasteiger partial charge in [-0.1, -0.05) is 12.1 Å². The molecule has 98 valence electrons. The molecule has 1 aromatic carbocycles. The SMILES string of the molecule is O=[N+]([O-])c1ccc(CCNc2ncc(I)cn2)cc1. The van der Waals surface area contributed by atoms with E-state index in [1.165, 1.54) is 12.1 Å². The van der Waals surface area contributed by atoms with E-state index in [4.69, 9.17) is 0 Å². The molecule has 0 atom stereocenters. The molecule has 2 rings (SSSR count). The molecular formula is C12H11IN4O2. The Bertz CT molecular complexity index is 557. The maximum absolute atomic E-state index is 10.5. The minimum Gasteiger partial charge on any atom is -0.354 e. The molecule has 1 aromatic heterocycles. The van der Waals surface area contributed by atoms with Gasteiger partial charge in [-0.15, -0.1) is 0 Å². The second kappa shape index (κ2) is 6.41. The molecule has 0 saturated carbocycles. The highest BCUT2D eigenvalue weighted by Gasteiger charge is 2.03. The number of nitrogens with zero attached hydrogens (tertiary/aromatic N) is 3. The average molecular weight is 370 g/mol. The molecule has 6 nitrogen and oxygen atoms in total. The summed E-state index contributed by atoms with van der Waals surface area (Å²) in [5.41, 5.74) is 1.14. The Labute approximate surface area is 123 Å². The molecule has 1 N–H and O–H groups in total. The number of aromatic nitrogens is 2. The molecule has 7 heteroatoms. The van der Waals surface area contributed by atoms with Crippen molar-refractivity contribution in [1.29, 1.82) is 0 Å². The highest BCUT2D eigenvalue weighted by molar-refractivity contribution is 14.1. The van der Waals surface area contributed by atoms with Gasteiger partial charge in [0.2, 0.25) is 5.95 Å². The number of hydrogen-bond donors (Lipinski definition) is 1. The number of rotatable bonds is 5. The Morgan fingerprint density at radius 2 is 1.84 bits per heavy atom. The zero-order chi connectivity index (χ0) is 13.7. The van der Waals surface area contributed by atoms with Gasteiger partial charge in [0.15, 0.2) is 0 Å². The van der Waals surface area contributed by atoms with E-state index in [0.717, 1.165) is 15.6 Å². The second-order valence-electron chi connectivity index (χ2n) is 3.83. The Hall–Kier alpha value is -1.77. The highest BCUT2D eigenvalue weighted by Crippen LogP contribution is 2.12. The molecule has 0 amide bonds. The Balaban J connectivity index is 1.85.